The monoisotopic (exact) mass is 319 g/mol. The number of ether oxygens (including phenoxy) is 1. The van der Waals surface area contributed by atoms with E-state index in [0.717, 1.165) is 5.56 Å². The first kappa shape index (κ1) is 14.5. The number of nitrogens with zero attached hydrogens (tertiary/aromatic N) is 4. The topological polar surface area (TPSA) is 81.9 Å². The number of anilines is 1. The van der Waals surface area contributed by atoms with E-state index in [0.29, 0.717) is 28.8 Å². The molecule has 0 bridgehead atoms. The maximum absolute atomic E-state index is 12.4. The number of allylic oxidation sites excluding steroid dienone is 1. The van der Waals surface area contributed by atoms with E-state index in [1.807, 2.05) is 12.1 Å². The van der Waals surface area contributed by atoms with Gasteiger partial charge in [0.2, 0.25) is 5.95 Å². The van der Waals surface area contributed by atoms with Gasteiger partial charge in [-0.2, -0.15) is 4.68 Å². The van der Waals surface area contributed by atoms with Gasteiger partial charge in [0, 0.05) is 10.7 Å². The molecule has 0 aliphatic carbocycles. The molecule has 114 valence electrons. The van der Waals surface area contributed by atoms with E-state index >= 15 is 0 Å². The molecule has 0 unspecified atom stereocenters. The summed E-state index contributed by atoms with van der Waals surface area (Å²) >= 11 is 5.94. The lowest BCUT2D eigenvalue weighted by atomic mass is 9.96. The summed E-state index contributed by atoms with van der Waals surface area (Å²) < 4.78 is 6.73. The van der Waals surface area contributed by atoms with Gasteiger partial charge in [-0.15, -0.1) is 0 Å². The number of halogens is 1. The highest BCUT2D eigenvalue weighted by Gasteiger charge is 2.34. The molecule has 1 atom stereocenters. The Morgan fingerprint density at radius 1 is 1.41 bits per heavy atom. The lowest BCUT2D eigenvalue weighted by Crippen LogP contribution is -2.29. The van der Waals surface area contributed by atoms with Crippen LogP contribution in [0.4, 0.5) is 5.95 Å². The van der Waals surface area contributed by atoms with E-state index < -0.39 is 12.0 Å². The molecule has 1 aromatic heterocycles. The molecule has 0 spiro atoms. The first-order valence-electron chi connectivity index (χ1n) is 6.80. The van der Waals surface area contributed by atoms with E-state index in [-0.39, 0.29) is 0 Å². The second kappa shape index (κ2) is 5.76. The zero-order valence-electron chi connectivity index (χ0n) is 12.1. The molecule has 1 aliphatic rings. The average Bonchev–Trinajstić information content (AvgIpc) is 2.94. The van der Waals surface area contributed by atoms with E-state index in [1.165, 1.54) is 0 Å². The van der Waals surface area contributed by atoms with Gasteiger partial charge in [0.15, 0.2) is 0 Å². The van der Waals surface area contributed by atoms with E-state index in [9.17, 15) is 4.79 Å². The summed E-state index contributed by atoms with van der Waals surface area (Å²) in [5, 5.41) is 15.2. The first-order chi connectivity index (χ1) is 10.6. The molecule has 0 saturated carbocycles. The lowest BCUT2D eigenvalue weighted by Gasteiger charge is -2.27. The summed E-state index contributed by atoms with van der Waals surface area (Å²) in [6.07, 6.45) is 0. The van der Waals surface area contributed by atoms with Crippen LogP contribution in [0.25, 0.3) is 0 Å². The number of nitrogens with one attached hydrogen (secondary N) is 1. The Bertz CT molecular complexity index is 738. The largest absolute Gasteiger partial charge is 0.463 e. The molecule has 2 aromatic rings. The molecule has 1 N–H and O–H groups in total. The summed E-state index contributed by atoms with van der Waals surface area (Å²) in [5.74, 6) is 0.0825. The summed E-state index contributed by atoms with van der Waals surface area (Å²) in [5.41, 5.74) is 1.99. The van der Waals surface area contributed by atoms with Crippen molar-refractivity contribution in [1.82, 2.24) is 20.2 Å². The highest BCUT2D eigenvalue weighted by atomic mass is 35.5. The van der Waals surface area contributed by atoms with Gasteiger partial charge in [-0.3, -0.25) is 0 Å². The van der Waals surface area contributed by atoms with Crippen LogP contribution in [0.2, 0.25) is 5.02 Å². The Balaban J connectivity index is 2.13. The van der Waals surface area contributed by atoms with Gasteiger partial charge in [-0.05, 0) is 42.0 Å². The number of esters is 1. The molecule has 3 rings (SSSR count). The highest BCUT2D eigenvalue weighted by molar-refractivity contribution is 6.30. The maximum atomic E-state index is 12.4. The fraction of sp³-hybridized carbons (Fsp3) is 0.286. The number of hydrogen-bond donors (Lipinski definition) is 1. The fourth-order valence-electron chi connectivity index (χ4n) is 2.44. The molecule has 7 nitrogen and oxygen atoms in total. The van der Waals surface area contributed by atoms with Gasteiger partial charge in [0.05, 0.1) is 12.2 Å². The second-order valence-corrected chi connectivity index (χ2v) is 5.22. The van der Waals surface area contributed by atoms with Crippen LogP contribution in [0.15, 0.2) is 35.5 Å². The van der Waals surface area contributed by atoms with Crippen LogP contribution < -0.4 is 5.32 Å². The van der Waals surface area contributed by atoms with Crippen molar-refractivity contribution in [2.24, 2.45) is 0 Å². The van der Waals surface area contributed by atoms with E-state index in [1.54, 1.807) is 30.7 Å². The molecular weight excluding hydrogens is 306 g/mol. The van der Waals surface area contributed by atoms with Gasteiger partial charge in [-0.25, -0.2) is 4.79 Å². The number of rotatable bonds is 3. The average molecular weight is 320 g/mol. The van der Waals surface area contributed by atoms with Crippen molar-refractivity contribution in [2.75, 3.05) is 11.9 Å². The fourth-order valence-corrected chi connectivity index (χ4v) is 2.56. The summed E-state index contributed by atoms with van der Waals surface area (Å²) in [7, 11) is 0. The van der Waals surface area contributed by atoms with E-state index in [4.69, 9.17) is 16.3 Å². The minimum atomic E-state index is -0.456. The molecule has 0 fully saturated rings. The number of fused-ring (bicyclic) bond motifs is 1. The van der Waals surface area contributed by atoms with Crippen LogP contribution in [0.3, 0.4) is 0 Å². The third-order valence-corrected chi connectivity index (χ3v) is 3.65. The smallest absolute Gasteiger partial charge is 0.338 e. The van der Waals surface area contributed by atoms with Crippen LogP contribution in [0.5, 0.6) is 0 Å². The first-order valence-corrected chi connectivity index (χ1v) is 7.18. The molecule has 8 heteroatoms. The number of carbonyl (C=O) groups is 1. The quantitative estimate of drug-likeness (QED) is 0.873. The number of benzene rings is 1. The number of carbonyl (C=O) groups excluding carboxylic acids is 1. The molecule has 1 aliphatic heterocycles. The van der Waals surface area contributed by atoms with Crippen molar-refractivity contribution in [1.29, 1.82) is 0 Å². The Morgan fingerprint density at radius 2 is 2.14 bits per heavy atom. The SMILES string of the molecule is CCOC(=O)C1=C(C)Nc2nnnn2[C@@H]1c1ccc(Cl)cc1. The number of hydrogen-bond acceptors (Lipinski definition) is 6. The normalized spacial score (nSPS) is 17.0. The molecule has 0 amide bonds. The van der Waals surface area contributed by atoms with Gasteiger partial charge >= 0.3 is 5.97 Å². The van der Waals surface area contributed by atoms with Crippen LogP contribution in [-0.4, -0.2) is 32.8 Å². The number of aromatic nitrogens is 4. The summed E-state index contributed by atoms with van der Waals surface area (Å²) in [6.45, 7) is 3.86. The van der Waals surface area contributed by atoms with Crippen LogP contribution in [0, 0.1) is 0 Å². The Kier molecular flexibility index (Phi) is 3.81. The zero-order valence-corrected chi connectivity index (χ0v) is 12.8. The molecular formula is C14H14ClN5O2. The Hall–Kier alpha value is -2.41. The third kappa shape index (κ3) is 2.43. The van der Waals surface area contributed by atoms with Crippen molar-refractivity contribution < 1.29 is 9.53 Å². The minimum Gasteiger partial charge on any atom is -0.463 e. The van der Waals surface area contributed by atoms with Gasteiger partial charge in [0.25, 0.3) is 0 Å². The molecule has 1 aromatic carbocycles. The maximum Gasteiger partial charge on any atom is 0.338 e. The Labute approximate surface area is 131 Å². The third-order valence-electron chi connectivity index (χ3n) is 3.40. The standard InChI is InChI=1S/C14H14ClN5O2/c1-3-22-13(21)11-8(2)16-14-17-18-19-20(14)12(11)9-4-6-10(15)7-5-9/h4-7,12H,3H2,1-2H3,(H,16,17,19)/t12-/m1/s1. The van der Waals surface area contributed by atoms with Crippen LogP contribution >= 0.6 is 11.6 Å². The second-order valence-electron chi connectivity index (χ2n) is 4.79. The summed E-state index contributed by atoms with van der Waals surface area (Å²) in [6, 6.07) is 6.76. The van der Waals surface area contributed by atoms with E-state index in [2.05, 4.69) is 20.8 Å². The van der Waals surface area contributed by atoms with Crippen molar-refractivity contribution in [3.05, 3.63) is 46.1 Å². The van der Waals surface area contributed by atoms with Gasteiger partial charge in [-0.1, -0.05) is 28.8 Å². The lowest BCUT2D eigenvalue weighted by molar-refractivity contribution is -0.139. The molecule has 0 radical (unpaired) electrons. The van der Waals surface area contributed by atoms with Crippen molar-refractivity contribution in [3.63, 3.8) is 0 Å². The minimum absolute atomic E-state index is 0.297. The predicted molar refractivity (Wildman–Crippen MR) is 80.4 cm³/mol. The number of tetrazole rings is 1. The zero-order chi connectivity index (χ0) is 15.7. The Morgan fingerprint density at radius 3 is 2.82 bits per heavy atom. The molecule has 0 saturated heterocycles. The predicted octanol–water partition coefficient (Wildman–Crippen LogP) is 2.18. The van der Waals surface area contributed by atoms with Gasteiger partial charge in [0.1, 0.15) is 6.04 Å². The molecule has 2 heterocycles. The van der Waals surface area contributed by atoms with Crippen LogP contribution in [0.1, 0.15) is 25.5 Å². The van der Waals surface area contributed by atoms with Crippen LogP contribution in [-0.2, 0) is 9.53 Å². The van der Waals surface area contributed by atoms with Gasteiger partial charge < -0.3 is 10.1 Å². The van der Waals surface area contributed by atoms with Crippen molar-refractivity contribution in [2.45, 2.75) is 19.9 Å². The van der Waals surface area contributed by atoms with Crippen molar-refractivity contribution in [3.8, 4) is 0 Å². The summed E-state index contributed by atoms with van der Waals surface area (Å²) in [4.78, 5) is 12.4. The van der Waals surface area contributed by atoms with Crippen molar-refractivity contribution >= 4 is 23.5 Å². The molecule has 22 heavy (non-hydrogen) atoms. The highest BCUT2D eigenvalue weighted by Crippen LogP contribution is 2.35.